The monoisotopic (exact) mass is 280 g/mol. The van der Waals surface area contributed by atoms with Gasteiger partial charge in [-0.1, -0.05) is 6.07 Å². The number of nitrogens with zero attached hydrogens (tertiary/aromatic N) is 1. The van der Waals surface area contributed by atoms with Crippen molar-refractivity contribution in [3.63, 3.8) is 0 Å². The van der Waals surface area contributed by atoms with Crippen LogP contribution in [0.15, 0.2) is 18.2 Å². The van der Waals surface area contributed by atoms with Crippen LogP contribution in [0.3, 0.4) is 0 Å². The Morgan fingerprint density at radius 3 is 2.55 bits per heavy atom. The summed E-state index contributed by atoms with van der Waals surface area (Å²) < 4.78 is 4.87. The van der Waals surface area contributed by atoms with E-state index in [4.69, 9.17) is 9.84 Å². The lowest BCUT2D eigenvalue weighted by molar-refractivity contribution is -0.137. The highest BCUT2D eigenvalue weighted by Gasteiger charge is 2.16. The minimum absolute atomic E-state index is 0.222. The standard InChI is InChI=1S/C14H20N2O4/c1-10-4-5-12(8-11(10)2)15-14(19)16(6-7-20-3)9-13(17)18/h4-5,8H,6-7,9H2,1-3H3,(H,15,19)(H,17,18). The number of nitrogens with one attached hydrogen (secondary N) is 1. The van der Waals surface area contributed by atoms with Gasteiger partial charge in [-0.25, -0.2) is 4.79 Å². The third-order valence-corrected chi connectivity index (χ3v) is 2.94. The molecule has 0 spiro atoms. The lowest BCUT2D eigenvalue weighted by Crippen LogP contribution is -2.40. The molecule has 0 aliphatic rings. The first-order chi connectivity index (χ1) is 9.43. The highest BCUT2D eigenvalue weighted by molar-refractivity contribution is 5.91. The fourth-order valence-corrected chi connectivity index (χ4v) is 1.64. The van der Waals surface area contributed by atoms with Crippen molar-refractivity contribution in [2.24, 2.45) is 0 Å². The van der Waals surface area contributed by atoms with Gasteiger partial charge in [-0.3, -0.25) is 4.79 Å². The maximum Gasteiger partial charge on any atom is 0.323 e. The number of benzene rings is 1. The van der Waals surface area contributed by atoms with E-state index in [0.717, 1.165) is 11.1 Å². The highest BCUT2D eigenvalue weighted by atomic mass is 16.5. The number of anilines is 1. The first kappa shape index (κ1) is 16.0. The molecule has 6 heteroatoms. The number of aliphatic carboxylic acids is 1. The van der Waals surface area contributed by atoms with Crippen LogP contribution in [0.25, 0.3) is 0 Å². The number of carboxylic acids is 1. The van der Waals surface area contributed by atoms with Gasteiger partial charge >= 0.3 is 12.0 Å². The SMILES string of the molecule is COCCN(CC(=O)O)C(=O)Nc1ccc(C)c(C)c1. The number of carbonyl (C=O) groups excluding carboxylic acids is 1. The first-order valence-electron chi connectivity index (χ1n) is 6.28. The Labute approximate surface area is 118 Å². The Kier molecular flexibility index (Phi) is 5.99. The van der Waals surface area contributed by atoms with Gasteiger partial charge in [0.25, 0.3) is 0 Å². The number of aryl methyl sites for hydroxylation is 2. The maximum absolute atomic E-state index is 12.0. The van der Waals surface area contributed by atoms with Crippen LogP contribution in [-0.4, -0.2) is 48.8 Å². The van der Waals surface area contributed by atoms with Crippen LogP contribution < -0.4 is 5.32 Å². The van der Waals surface area contributed by atoms with Gasteiger partial charge in [0.1, 0.15) is 6.54 Å². The Morgan fingerprint density at radius 1 is 1.30 bits per heavy atom. The average molecular weight is 280 g/mol. The normalized spacial score (nSPS) is 10.2. The van der Waals surface area contributed by atoms with Gasteiger partial charge in [0, 0.05) is 19.3 Å². The third kappa shape index (κ3) is 4.89. The fraction of sp³-hybridized carbons (Fsp3) is 0.429. The number of amides is 2. The zero-order valence-corrected chi connectivity index (χ0v) is 12.0. The summed E-state index contributed by atoms with van der Waals surface area (Å²) in [6.07, 6.45) is 0. The molecule has 6 nitrogen and oxygen atoms in total. The largest absolute Gasteiger partial charge is 0.480 e. The molecule has 0 aliphatic carbocycles. The molecular weight excluding hydrogens is 260 g/mol. The lowest BCUT2D eigenvalue weighted by atomic mass is 10.1. The maximum atomic E-state index is 12.0. The number of carboxylic acid groups (broad SMARTS) is 1. The highest BCUT2D eigenvalue weighted by Crippen LogP contribution is 2.14. The molecule has 0 aromatic heterocycles. The first-order valence-corrected chi connectivity index (χ1v) is 6.28. The van der Waals surface area contributed by atoms with Crippen molar-refractivity contribution in [1.29, 1.82) is 0 Å². The van der Waals surface area contributed by atoms with E-state index in [0.29, 0.717) is 5.69 Å². The predicted octanol–water partition coefficient (Wildman–Crippen LogP) is 1.87. The predicted molar refractivity (Wildman–Crippen MR) is 76.0 cm³/mol. The zero-order chi connectivity index (χ0) is 15.1. The Morgan fingerprint density at radius 2 is 2.00 bits per heavy atom. The molecule has 0 atom stereocenters. The minimum atomic E-state index is -1.06. The zero-order valence-electron chi connectivity index (χ0n) is 12.0. The van der Waals surface area contributed by atoms with Crippen LogP contribution in [0.1, 0.15) is 11.1 Å². The van der Waals surface area contributed by atoms with Crippen molar-refractivity contribution in [1.82, 2.24) is 4.90 Å². The third-order valence-electron chi connectivity index (χ3n) is 2.94. The number of hydrogen-bond acceptors (Lipinski definition) is 3. The van der Waals surface area contributed by atoms with Gasteiger partial charge in [0.15, 0.2) is 0 Å². The van der Waals surface area contributed by atoms with Crippen molar-refractivity contribution in [2.75, 3.05) is 32.1 Å². The van der Waals surface area contributed by atoms with Crippen LogP contribution in [0, 0.1) is 13.8 Å². The summed E-state index contributed by atoms with van der Waals surface area (Å²) in [5.74, 6) is -1.06. The van der Waals surface area contributed by atoms with Gasteiger partial charge in [-0.2, -0.15) is 0 Å². The van der Waals surface area contributed by atoms with Crippen LogP contribution in [0.2, 0.25) is 0 Å². The molecule has 0 unspecified atom stereocenters. The van der Waals surface area contributed by atoms with E-state index >= 15 is 0 Å². The topological polar surface area (TPSA) is 78.9 Å². The molecule has 2 N–H and O–H groups in total. The Hall–Kier alpha value is -2.08. The van der Waals surface area contributed by atoms with Gasteiger partial charge in [0.05, 0.1) is 6.61 Å². The smallest absolute Gasteiger partial charge is 0.323 e. The van der Waals surface area contributed by atoms with Crippen molar-refractivity contribution in [3.05, 3.63) is 29.3 Å². The number of hydrogen-bond donors (Lipinski definition) is 2. The lowest BCUT2D eigenvalue weighted by Gasteiger charge is -2.21. The molecule has 0 fully saturated rings. The van der Waals surface area contributed by atoms with Crippen LogP contribution in [0.5, 0.6) is 0 Å². The Bertz CT molecular complexity index is 488. The van der Waals surface area contributed by atoms with Gasteiger partial charge in [-0.05, 0) is 37.1 Å². The number of carbonyl (C=O) groups is 2. The summed E-state index contributed by atoms with van der Waals surface area (Å²) in [4.78, 5) is 24.0. The van der Waals surface area contributed by atoms with Crippen LogP contribution >= 0.6 is 0 Å². The summed E-state index contributed by atoms with van der Waals surface area (Å²) in [5, 5.41) is 11.5. The van der Waals surface area contributed by atoms with E-state index < -0.39 is 12.0 Å². The van der Waals surface area contributed by atoms with Crippen molar-refractivity contribution < 1.29 is 19.4 Å². The summed E-state index contributed by atoms with van der Waals surface area (Å²) in [7, 11) is 1.50. The summed E-state index contributed by atoms with van der Waals surface area (Å²) in [6.45, 7) is 4.08. The van der Waals surface area contributed by atoms with E-state index in [9.17, 15) is 9.59 Å². The van der Waals surface area contributed by atoms with E-state index in [1.54, 1.807) is 6.07 Å². The van der Waals surface area contributed by atoms with Crippen LogP contribution in [0.4, 0.5) is 10.5 Å². The summed E-state index contributed by atoms with van der Waals surface area (Å²) >= 11 is 0. The molecule has 0 saturated heterocycles. The molecule has 1 rings (SSSR count). The second-order valence-electron chi connectivity index (χ2n) is 4.54. The minimum Gasteiger partial charge on any atom is -0.480 e. The molecule has 110 valence electrons. The second-order valence-corrected chi connectivity index (χ2v) is 4.54. The van der Waals surface area contributed by atoms with Crippen molar-refractivity contribution in [3.8, 4) is 0 Å². The molecule has 1 aromatic carbocycles. The van der Waals surface area contributed by atoms with E-state index in [-0.39, 0.29) is 19.7 Å². The van der Waals surface area contributed by atoms with E-state index in [1.807, 2.05) is 26.0 Å². The van der Waals surface area contributed by atoms with Gasteiger partial charge in [-0.15, -0.1) is 0 Å². The van der Waals surface area contributed by atoms with Gasteiger partial charge < -0.3 is 20.1 Å². The molecule has 0 heterocycles. The fourth-order valence-electron chi connectivity index (χ4n) is 1.64. The van der Waals surface area contributed by atoms with E-state index in [2.05, 4.69) is 5.32 Å². The number of ether oxygens (including phenoxy) is 1. The molecule has 0 bridgehead atoms. The molecule has 2 amide bonds. The molecule has 0 radical (unpaired) electrons. The molecule has 1 aromatic rings. The molecule has 0 aliphatic heterocycles. The van der Waals surface area contributed by atoms with Crippen molar-refractivity contribution in [2.45, 2.75) is 13.8 Å². The number of rotatable bonds is 6. The number of urea groups is 1. The van der Waals surface area contributed by atoms with Crippen LogP contribution in [-0.2, 0) is 9.53 Å². The average Bonchev–Trinajstić information content (AvgIpc) is 2.38. The Balaban J connectivity index is 2.73. The summed E-state index contributed by atoms with van der Waals surface area (Å²) in [6, 6.07) is 5.09. The second kappa shape index (κ2) is 7.49. The quantitative estimate of drug-likeness (QED) is 0.833. The summed E-state index contributed by atoms with van der Waals surface area (Å²) in [5.41, 5.74) is 2.83. The van der Waals surface area contributed by atoms with E-state index in [1.165, 1.54) is 12.0 Å². The molecular formula is C14H20N2O4. The number of methoxy groups -OCH3 is 1. The van der Waals surface area contributed by atoms with Gasteiger partial charge in [0.2, 0.25) is 0 Å². The van der Waals surface area contributed by atoms with Crippen molar-refractivity contribution >= 4 is 17.7 Å². The molecule has 20 heavy (non-hydrogen) atoms. The molecule has 0 saturated carbocycles.